The highest BCUT2D eigenvalue weighted by atomic mass is 16.1. The number of aryl methyl sites for hydroxylation is 2. The van der Waals surface area contributed by atoms with Crippen LogP contribution >= 0.6 is 0 Å². The molecule has 2 aromatic heterocycles. The van der Waals surface area contributed by atoms with Crippen molar-refractivity contribution in [2.75, 3.05) is 25.4 Å². The van der Waals surface area contributed by atoms with E-state index in [9.17, 15) is 4.79 Å². The number of anilines is 1. The van der Waals surface area contributed by atoms with Gasteiger partial charge >= 0.3 is 0 Å². The Morgan fingerprint density at radius 2 is 1.86 bits per heavy atom. The van der Waals surface area contributed by atoms with Crippen molar-refractivity contribution in [1.82, 2.24) is 29.8 Å². The lowest BCUT2D eigenvalue weighted by Gasteiger charge is -2.30. The molecule has 3 rings (SSSR count). The minimum Gasteiger partial charge on any atom is -0.366 e. The van der Waals surface area contributed by atoms with Gasteiger partial charge in [-0.25, -0.2) is 4.98 Å². The number of nitrogens with one attached hydrogen (secondary N) is 1. The summed E-state index contributed by atoms with van der Waals surface area (Å²) in [6.45, 7) is 10.4. The molecule has 0 radical (unpaired) electrons. The summed E-state index contributed by atoms with van der Waals surface area (Å²) in [6.07, 6.45) is 0.236. The highest BCUT2D eigenvalue weighted by Crippen LogP contribution is 2.20. The number of carbonyl (C=O) groups excluding carboxylic acids is 1. The molecule has 0 bridgehead atoms. The molecule has 154 valence electrons. The van der Waals surface area contributed by atoms with Gasteiger partial charge < -0.3 is 11.1 Å². The quantitative estimate of drug-likeness (QED) is 0.605. The van der Waals surface area contributed by atoms with Crippen LogP contribution in [0.4, 0.5) is 5.95 Å². The van der Waals surface area contributed by atoms with Gasteiger partial charge in [-0.2, -0.15) is 9.50 Å². The van der Waals surface area contributed by atoms with Crippen LogP contribution in [0.15, 0.2) is 30.3 Å². The number of amides is 1. The van der Waals surface area contributed by atoms with Crippen LogP contribution in [0.5, 0.6) is 0 Å². The summed E-state index contributed by atoms with van der Waals surface area (Å²) >= 11 is 0. The van der Waals surface area contributed by atoms with Crippen LogP contribution in [-0.2, 0) is 11.2 Å². The number of carbonyl (C=O) groups is 1. The molecular formula is C21H29N7O. The first-order chi connectivity index (χ1) is 13.9. The number of nitrogen functional groups attached to an aromatic ring is 1. The number of nitrogens with zero attached hydrogens (tertiary/aromatic N) is 5. The summed E-state index contributed by atoms with van der Waals surface area (Å²) in [5.41, 5.74) is 9.32. The van der Waals surface area contributed by atoms with E-state index in [2.05, 4.69) is 51.3 Å². The van der Waals surface area contributed by atoms with E-state index in [1.54, 1.807) is 4.52 Å². The van der Waals surface area contributed by atoms with Crippen molar-refractivity contribution in [3.05, 3.63) is 52.8 Å². The molecule has 1 atom stereocenters. The maximum atomic E-state index is 12.8. The Morgan fingerprint density at radius 3 is 2.52 bits per heavy atom. The maximum absolute atomic E-state index is 12.8. The van der Waals surface area contributed by atoms with Crippen molar-refractivity contribution < 1.29 is 4.79 Å². The molecule has 3 N–H and O–H groups in total. The number of likely N-dealkylation sites (N-methyl/N-ethyl adjacent to an activating group) is 1. The number of aromatic nitrogens is 4. The Bertz CT molecular complexity index is 980. The second-order valence-electron chi connectivity index (χ2n) is 7.07. The van der Waals surface area contributed by atoms with Crippen molar-refractivity contribution in [2.24, 2.45) is 0 Å². The van der Waals surface area contributed by atoms with Gasteiger partial charge in [0.25, 0.3) is 5.78 Å². The molecule has 1 unspecified atom stereocenters. The molecule has 8 heteroatoms. The summed E-state index contributed by atoms with van der Waals surface area (Å²) in [5.74, 6) is 0.581. The molecule has 0 aliphatic carbocycles. The van der Waals surface area contributed by atoms with E-state index in [1.807, 2.05) is 32.0 Å². The lowest BCUT2D eigenvalue weighted by Crippen LogP contribution is -2.38. The molecule has 1 aromatic carbocycles. The van der Waals surface area contributed by atoms with Crippen LogP contribution in [-0.4, -0.2) is 50.0 Å². The molecule has 1 amide bonds. The SMILES string of the molecule is CCN(CC)C(CNC(=O)Cc1c(C)nc2nc(N)nn2c1C)c1ccccc1. The standard InChI is InChI=1S/C21H29N7O/c1-5-27(6-2)18(16-10-8-7-9-11-16)13-23-19(29)12-17-14(3)24-21-25-20(22)26-28(21)15(17)4/h7-11,18H,5-6,12-13H2,1-4H3,(H2,22,26)(H,23,29). The third-order valence-corrected chi connectivity index (χ3v) is 5.33. The monoisotopic (exact) mass is 395 g/mol. The second-order valence-corrected chi connectivity index (χ2v) is 7.07. The van der Waals surface area contributed by atoms with E-state index in [0.29, 0.717) is 12.3 Å². The van der Waals surface area contributed by atoms with E-state index >= 15 is 0 Å². The lowest BCUT2D eigenvalue weighted by molar-refractivity contribution is -0.120. The lowest BCUT2D eigenvalue weighted by atomic mass is 10.0. The molecule has 0 saturated heterocycles. The summed E-state index contributed by atoms with van der Waals surface area (Å²) in [4.78, 5) is 23.6. The fourth-order valence-corrected chi connectivity index (χ4v) is 3.71. The molecule has 0 spiro atoms. The Balaban J connectivity index is 1.75. The number of hydrogen-bond acceptors (Lipinski definition) is 6. The predicted molar refractivity (Wildman–Crippen MR) is 113 cm³/mol. The van der Waals surface area contributed by atoms with Crippen LogP contribution < -0.4 is 11.1 Å². The first-order valence-electron chi connectivity index (χ1n) is 9.98. The van der Waals surface area contributed by atoms with Gasteiger partial charge in [-0.05, 0) is 32.5 Å². The van der Waals surface area contributed by atoms with Gasteiger partial charge in [0.15, 0.2) is 0 Å². The fourth-order valence-electron chi connectivity index (χ4n) is 3.71. The summed E-state index contributed by atoms with van der Waals surface area (Å²) < 4.78 is 1.59. The van der Waals surface area contributed by atoms with Gasteiger partial charge in [0.1, 0.15) is 0 Å². The molecule has 2 heterocycles. The van der Waals surface area contributed by atoms with E-state index in [1.165, 1.54) is 5.56 Å². The summed E-state index contributed by atoms with van der Waals surface area (Å²) in [5, 5.41) is 7.27. The number of fused-ring (bicyclic) bond motifs is 1. The van der Waals surface area contributed by atoms with Crippen LogP contribution in [0.3, 0.4) is 0 Å². The van der Waals surface area contributed by atoms with Crippen molar-refractivity contribution >= 4 is 17.6 Å². The van der Waals surface area contributed by atoms with E-state index < -0.39 is 0 Å². The zero-order valence-electron chi connectivity index (χ0n) is 17.5. The topological polar surface area (TPSA) is 101 Å². The second kappa shape index (κ2) is 9.00. The van der Waals surface area contributed by atoms with Gasteiger partial charge in [-0.15, -0.1) is 5.10 Å². The number of hydrogen-bond donors (Lipinski definition) is 2. The van der Waals surface area contributed by atoms with Crippen LogP contribution in [0, 0.1) is 13.8 Å². The number of benzene rings is 1. The molecule has 0 saturated carbocycles. The third kappa shape index (κ3) is 4.54. The first-order valence-corrected chi connectivity index (χ1v) is 9.98. The van der Waals surface area contributed by atoms with Crippen molar-refractivity contribution in [3.8, 4) is 0 Å². The zero-order valence-corrected chi connectivity index (χ0v) is 17.5. The number of nitrogens with two attached hydrogens (primary N) is 1. The molecule has 29 heavy (non-hydrogen) atoms. The minimum absolute atomic E-state index is 0.0430. The van der Waals surface area contributed by atoms with Crippen LogP contribution in [0.1, 0.15) is 42.4 Å². The molecule has 8 nitrogen and oxygen atoms in total. The van der Waals surface area contributed by atoms with Gasteiger partial charge in [0.05, 0.1) is 12.5 Å². The Kier molecular flexibility index (Phi) is 6.43. The van der Waals surface area contributed by atoms with Gasteiger partial charge in [0.2, 0.25) is 11.9 Å². The summed E-state index contributed by atoms with van der Waals surface area (Å²) in [6, 6.07) is 10.4. The van der Waals surface area contributed by atoms with E-state index in [-0.39, 0.29) is 24.3 Å². The van der Waals surface area contributed by atoms with Gasteiger partial charge in [0, 0.05) is 23.5 Å². The third-order valence-electron chi connectivity index (χ3n) is 5.33. The average molecular weight is 396 g/mol. The first kappa shape index (κ1) is 20.7. The Morgan fingerprint density at radius 1 is 1.17 bits per heavy atom. The van der Waals surface area contributed by atoms with Crippen LogP contribution in [0.2, 0.25) is 0 Å². The average Bonchev–Trinajstić information content (AvgIpc) is 3.09. The molecule has 0 aliphatic heterocycles. The molecule has 3 aromatic rings. The molecule has 0 aliphatic rings. The highest BCUT2D eigenvalue weighted by Gasteiger charge is 2.20. The minimum atomic E-state index is -0.0430. The van der Waals surface area contributed by atoms with Crippen LogP contribution in [0.25, 0.3) is 5.78 Å². The highest BCUT2D eigenvalue weighted by molar-refractivity contribution is 5.79. The summed E-state index contributed by atoms with van der Waals surface area (Å²) in [7, 11) is 0. The molecule has 0 fully saturated rings. The van der Waals surface area contributed by atoms with E-state index in [4.69, 9.17) is 5.73 Å². The smallest absolute Gasteiger partial charge is 0.254 e. The normalized spacial score (nSPS) is 12.4. The predicted octanol–water partition coefficient (Wildman–Crippen LogP) is 2.07. The van der Waals surface area contributed by atoms with Crippen molar-refractivity contribution in [2.45, 2.75) is 40.2 Å². The fraction of sp³-hybridized carbons (Fsp3) is 0.429. The maximum Gasteiger partial charge on any atom is 0.254 e. The van der Waals surface area contributed by atoms with Crippen molar-refractivity contribution in [3.63, 3.8) is 0 Å². The van der Waals surface area contributed by atoms with Gasteiger partial charge in [-0.3, -0.25) is 9.69 Å². The van der Waals surface area contributed by atoms with Crippen molar-refractivity contribution in [1.29, 1.82) is 0 Å². The largest absolute Gasteiger partial charge is 0.366 e. The Labute approximate surface area is 171 Å². The number of rotatable bonds is 8. The van der Waals surface area contributed by atoms with E-state index in [0.717, 1.165) is 30.0 Å². The molecular weight excluding hydrogens is 366 g/mol. The Hall–Kier alpha value is -3.00. The zero-order chi connectivity index (χ0) is 21.0. The van der Waals surface area contributed by atoms with Gasteiger partial charge in [-0.1, -0.05) is 44.2 Å².